The second-order valence-electron chi connectivity index (χ2n) is 6.35. The lowest BCUT2D eigenvalue weighted by Gasteiger charge is -2.27. The summed E-state index contributed by atoms with van der Waals surface area (Å²) in [5.74, 6) is 0.415. The molecule has 0 bridgehead atoms. The molecule has 4 rings (SSSR count). The van der Waals surface area contributed by atoms with E-state index in [1.807, 2.05) is 6.07 Å². The third-order valence-corrected chi connectivity index (χ3v) is 6.37. The number of aromatic nitrogens is 3. The smallest absolute Gasteiger partial charge is 0.277 e. The third kappa shape index (κ3) is 2.88. The van der Waals surface area contributed by atoms with Gasteiger partial charge in [0, 0.05) is 12.1 Å². The summed E-state index contributed by atoms with van der Waals surface area (Å²) in [6, 6.07) is 7.46. The molecule has 2 fully saturated rings. The molecule has 0 spiro atoms. The van der Waals surface area contributed by atoms with Crippen LogP contribution in [0.15, 0.2) is 29.1 Å². The Morgan fingerprint density at radius 1 is 1.17 bits per heavy atom. The van der Waals surface area contributed by atoms with E-state index in [2.05, 4.69) is 15.2 Å². The van der Waals surface area contributed by atoms with Crippen LogP contribution in [0.5, 0.6) is 0 Å². The van der Waals surface area contributed by atoms with Crippen molar-refractivity contribution in [3.63, 3.8) is 0 Å². The average Bonchev–Trinajstić information content (AvgIpc) is 3.30. The summed E-state index contributed by atoms with van der Waals surface area (Å²) in [6.45, 7) is 0.307. The molecule has 8 heteroatoms. The van der Waals surface area contributed by atoms with Crippen molar-refractivity contribution in [1.82, 2.24) is 19.9 Å². The molecule has 0 unspecified atom stereocenters. The minimum Gasteiger partial charge on any atom is -0.277 e. The molecule has 1 saturated heterocycles. The predicted octanol–water partition coefficient (Wildman–Crippen LogP) is 0.400. The number of fused-ring (bicyclic) bond motifs is 1. The van der Waals surface area contributed by atoms with Gasteiger partial charge in [0.05, 0.1) is 23.6 Å². The molecule has 0 radical (unpaired) electrons. The Morgan fingerprint density at radius 3 is 2.65 bits per heavy atom. The standard InChI is InChI=1S/C15H18N4O3S/c20-15-13-3-1-2-4-14(13)16-17-19(15)10-18(11-5-6-11)12-7-8-23(21,22)9-12/h1-4,11-12H,5-10H2/t12-/m1/s1. The zero-order valence-electron chi connectivity index (χ0n) is 12.6. The molecular formula is C15H18N4O3S. The Balaban J connectivity index is 1.65. The molecule has 0 N–H and O–H groups in total. The van der Waals surface area contributed by atoms with Crippen molar-refractivity contribution in [2.75, 3.05) is 11.5 Å². The normalized spacial score (nSPS) is 23.6. The molecule has 1 aromatic carbocycles. The summed E-state index contributed by atoms with van der Waals surface area (Å²) < 4.78 is 24.9. The quantitative estimate of drug-likeness (QED) is 0.805. The van der Waals surface area contributed by atoms with Gasteiger partial charge in [0.2, 0.25) is 0 Å². The fraction of sp³-hybridized carbons (Fsp3) is 0.533. The van der Waals surface area contributed by atoms with E-state index in [-0.39, 0.29) is 23.1 Å². The highest BCUT2D eigenvalue weighted by Crippen LogP contribution is 2.32. The highest BCUT2D eigenvalue weighted by molar-refractivity contribution is 7.91. The van der Waals surface area contributed by atoms with Gasteiger partial charge in [-0.05, 0) is 31.4 Å². The number of rotatable bonds is 4. The monoisotopic (exact) mass is 334 g/mol. The molecule has 2 heterocycles. The first-order chi connectivity index (χ1) is 11.0. The Hall–Kier alpha value is -1.80. The fourth-order valence-corrected chi connectivity index (χ4v) is 4.99. The van der Waals surface area contributed by atoms with Crippen molar-refractivity contribution >= 4 is 20.7 Å². The third-order valence-electron chi connectivity index (χ3n) is 4.62. The van der Waals surface area contributed by atoms with Gasteiger partial charge < -0.3 is 0 Å². The van der Waals surface area contributed by atoms with Crippen LogP contribution in [-0.4, -0.2) is 51.9 Å². The summed E-state index contributed by atoms with van der Waals surface area (Å²) in [7, 11) is -2.95. The van der Waals surface area contributed by atoms with E-state index in [0.29, 0.717) is 30.0 Å². The Morgan fingerprint density at radius 2 is 1.96 bits per heavy atom. The van der Waals surface area contributed by atoms with E-state index in [9.17, 15) is 13.2 Å². The van der Waals surface area contributed by atoms with Gasteiger partial charge in [0.15, 0.2) is 9.84 Å². The first kappa shape index (κ1) is 14.8. The van der Waals surface area contributed by atoms with E-state index in [1.165, 1.54) is 4.68 Å². The van der Waals surface area contributed by atoms with Crippen molar-refractivity contribution < 1.29 is 8.42 Å². The molecule has 1 aliphatic heterocycles. The van der Waals surface area contributed by atoms with Crippen LogP contribution in [-0.2, 0) is 16.5 Å². The van der Waals surface area contributed by atoms with Crippen LogP contribution in [0.25, 0.3) is 10.9 Å². The van der Waals surface area contributed by atoms with Crippen molar-refractivity contribution in [3.05, 3.63) is 34.6 Å². The Kier molecular flexibility index (Phi) is 3.46. The molecule has 1 atom stereocenters. The molecule has 0 amide bonds. The van der Waals surface area contributed by atoms with Crippen LogP contribution in [0.3, 0.4) is 0 Å². The summed E-state index contributed by atoms with van der Waals surface area (Å²) in [5.41, 5.74) is 0.400. The van der Waals surface area contributed by atoms with E-state index >= 15 is 0 Å². The zero-order chi connectivity index (χ0) is 16.0. The summed E-state index contributed by atoms with van der Waals surface area (Å²) in [5, 5.41) is 8.66. The number of nitrogens with zero attached hydrogens (tertiary/aromatic N) is 4. The van der Waals surface area contributed by atoms with Gasteiger partial charge in [-0.2, -0.15) is 4.68 Å². The van der Waals surface area contributed by atoms with Crippen LogP contribution >= 0.6 is 0 Å². The lowest BCUT2D eigenvalue weighted by atomic mass is 10.2. The lowest BCUT2D eigenvalue weighted by Crippen LogP contribution is -2.42. The molecule has 23 heavy (non-hydrogen) atoms. The maximum Gasteiger partial charge on any atom is 0.278 e. The van der Waals surface area contributed by atoms with E-state index in [0.717, 1.165) is 12.8 Å². The summed E-state index contributed by atoms with van der Waals surface area (Å²) >= 11 is 0. The predicted molar refractivity (Wildman–Crippen MR) is 85.7 cm³/mol. The topological polar surface area (TPSA) is 85.2 Å². The minimum absolute atomic E-state index is 0.0207. The highest BCUT2D eigenvalue weighted by atomic mass is 32.2. The number of hydrogen-bond donors (Lipinski definition) is 0. The van der Waals surface area contributed by atoms with Crippen molar-refractivity contribution in [2.45, 2.75) is 38.0 Å². The first-order valence-electron chi connectivity index (χ1n) is 7.82. The maximum atomic E-state index is 12.6. The molecule has 122 valence electrons. The Bertz CT molecular complexity index is 904. The molecule has 1 saturated carbocycles. The zero-order valence-corrected chi connectivity index (χ0v) is 13.4. The number of hydrogen-bond acceptors (Lipinski definition) is 6. The van der Waals surface area contributed by atoms with Crippen molar-refractivity contribution in [3.8, 4) is 0 Å². The minimum atomic E-state index is -2.95. The molecule has 2 aliphatic rings. The molecule has 2 aromatic rings. The van der Waals surface area contributed by atoms with Crippen LogP contribution < -0.4 is 5.56 Å². The van der Waals surface area contributed by atoms with Gasteiger partial charge in [-0.25, -0.2) is 8.42 Å². The van der Waals surface area contributed by atoms with Crippen LogP contribution in [0, 0.1) is 0 Å². The van der Waals surface area contributed by atoms with Crippen molar-refractivity contribution in [1.29, 1.82) is 0 Å². The van der Waals surface area contributed by atoms with Gasteiger partial charge in [-0.1, -0.05) is 17.3 Å². The largest absolute Gasteiger partial charge is 0.278 e. The highest BCUT2D eigenvalue weighted by Gasteiger charge is 2.39. The first-order valence-corrected chi connectivity index (χ1v) is 9.64. The maximum absolute atomic E-state index is 12.6. The van der Waals surface area contributed by atoms with Gasteiger partial charge in [-0.3, -0.25) is 9.69 Å². The van der Waals surface area contributed by atoms with Gasteiger partial charge in [-0.15, -0.1) is 5.10 Å². The van der Waals surface area contributed by atoms with Gasteiger partial charge in [0.25, 0.3) is 5.56 Å². The molecule has 7 nitrogen and oxygen atoms in total. The SMILES string of the molecule is O=c1c2ccccc2nnn1CN(C1CC1)[C@@H]1CCS(=O)(=O)C1. The summed E-state index contributed by atoms with van der Waals surface area (Å²) in [4.78, 5) is 14.7. The molecular weight excluding hydrogens is 316 g/mol. The molecule has 1 aromatic heterocycles. The second-order valence-corrected chi connectivity index (χ2v) is 8.58. The lowest BCUT2D eigenvalue weighted by molar-refractivity contribution is 0.141. The van der Waals surface area contributed by atoms with Crippen LogP contribution in [0.2, 0.25) is 0 Å². The van der Waals surface area contributed by atoms with E-state index in [1.54, 1.807) is 18.2 Å². The van der Waals surface area contributed by atoms with E-state index < -0.39 is 9.84 Å². The Labute approximate surface area is 133 Å². The van der Waals surface area contributed by atoms with Gasteiger partial charge in [0.1, 0.15) is 5.52 Å². The average molecular weight is 334 g/mol. The number of sulfone groups is 1. The second kappa shape index (κ2) is 5.38. The van der Waals surface area contributed by atoms with Crippen LogP contribution in [0.4, 0.5) is 0 Å². The van der Waals surface area contributed by atoms with Crippen LogP contribution in [0.1, 0.15) is 19.3 Å². The van der Waals surface area contributed by atoms with E-state index in [4.69, 9.17) is 0 Å². The number of benzene rings is 1. The fourth-order valence-electron chi connectivity index (χ4n) is 3.24. The van der Waals surface area contributed by atoms with Crippen molar-refractivity contribution in [2.24, 2.45) is 0 Å². The molecule has 1 aliphatic carbocycles. The summed E-state index contributed by atoms with van der Waals surface area (Å²) in [6.07, 6.45) is 2.73. The van der Waals surface area contributed by atoms with Gasteiger partial charge >= 0.3 is 0 Å².